The van der Waals surface area contributed by atoms with E-state index in [0.717, 1.165) is 151 Å². The predicted molar refractivity (Wildman–Crippen MR) is 318 cm³/mol. The van der Waals surface area contributed by atoms with Gasteiger partial charge in [-0.25, -0.2) is 44.7 Å². The van der Waals surface area contributed by atoms with Crippen molar-refractivity contribution in [2.75, 3.05) is 106 Å². The zero-order valence-corrected chi connectivity index (χ0v) is 47.1. The van der Waals surface area contributed by atoms with Gasteiger partial charge in [0.25, 0.3) is 0 Å². The number of likely N-dealkylation sites (N-methyl/N-ethyl adjacent to an activating group) is 1. The summed E-state index contributed by atoms with van der Waals surface area (Å²) in [6.07, 6.45) is 9.40. The average molecular weight is 1100 g/mol. The molecule has 3 aliphatic rings. The number of alkyl carbamates (subject to hydrolysis) is 1. The number of rotatable bonds is 26. The van der Waals surface area contributed by atoms with Gasteiger partial charge in [-0.15, -0.1) is 0 Å². The normalized spacial score (nSPS) is 13.5. The van der Waals surface area contributed by atoms with Crippen LogP contribution in [0.25, 0.3) is 89.7 Å². The third-order valence-corrected chi connectivity index (χ3v) is 15.4. The van der Waals surface area contributed by atoms with Crippen LogP contribution in [0.3, 0.4) is 0 Å². The first-order chi connectivity index (χ1) is 39.6. The first-order valence-electron chi connectivity index (χ1n) is 28.9. The van der Waals surface area contributed by atoms with Crippen molar-refractivity contribution in [3.63, 3.8) is 0 Å². The fraction of sp³-hybridized carbons (Fsp3) is 0.435. The molecule has 4 N–H and O–H groups in total. The number of quaternary nitrogens is 2. The number of aromatic nitrogens is 8. The third-order valence-electron chi connectivity index (χ3n) is 15.4. The number of ether oxygens (including phenoxy) is 3. The molecule has 422 valence electrons. The van der Waals surface area contributed by atoms with Gasteiger partial charge in [0, 0.05) is 83.6 Å². The van der Waals surface area contributed by atoms with Crippen molar-refractivity contribution < 1.29 is 32.8 Å². The Bertz CT molecular complexity index is 3560. The van der Waals surface area contributed by atoms with E-state index in [-0.39, 0.29) is 19.1 Å². The number of hydrogen-bond acceptors (Lipinski definition) is 13. The van der Waals surface area contributed by atoms with E-state index < -0.39 is 6.09 Å². The molecule has 4 aromatic carbocycles. The van der Waals surface area contributed by atoms with Gasteiger partial charge in [0.15, 0.2) is 23.3 Å². The molecule has 81 heavy (non-hydrogen) atoms. The van der Waals surface area contributed by atoms with E-state index in [2.05, 4.69) is 57.7 Å². The summed E-state index contributed by atoms with van der Waals surface area (Å²) in [7, 11) is 6.85. The molecule has 6 heterocycles. The topological polar surface area (TPSA) is 220 Å². The number of aliphatic imine (C=N–C) groups is 2. The van der Waals surface area contributed by atoms with E-state index in [1.165, 1.54) is 12.8 Å². The number of fused-ring (bicyclic) bond motifs is 20. The predicted octanol–water partition coefficient (Wildman–Crippen LogP) is 10.1. The maximum absolute atomic E-state index is 12.6. The molecule has 0 saturated carbocycles. The number of carbonyl (C=O) groups excluding carboxylic acids is 2. The van der Waals surface area contributed by atoms with Gasteiger partial charge in [0.1, 0.15) is 41.4 Å². The minimum atomic E-state index is -0.480. The number of hydrogen-bond donors (Lipinski definition) is 4. The van der Waals surface area contributed by atoms with Gasteiger partial charge in [-0.1, -0.05) is 97.8 Å². The largest absolute Gasteiger partial charge is 0.493 e. The van der Waals surface area contributed by atoms with E-state index in [0.29, 0.717) is 83.1 Å². The molecule has 0 radical (unpaired) electrons. The third kappa shape index (κ3) is 14.7. The number of morpholine rings is 1. The number of unbranched alkanes of at least 4 members (excludes halogenated alkanes) is 5. The van der Waals surface area contributed by atoms with E-state index in [1.54, 1.807) is 0 Å². The van der Waals surface area contributed by atoms with Gasteiger partial charge in [-0.3, -0.25) is 4.79 Å². The first-order valence-corrected chi connectivity index (χ1v) is 28.9. The standard InChI is InChI=1S/C62H74N14O5/c1-75(2,34-16-5-4-14-30-63-43-64-31-18-36-76(3)37-41-79-42-38-76)35-19-33-65-52(77)29-7-6-15-32-66-62(78)81-40-20-39-80-51-28-17-27-50-53(51)61-73-59-49-26-13-12-25-48(49)57(71-59)69-55-45-22-9-8-21-44(45)54(67-55)68-56-46-23-10-11-24-47(46)58(70-56)72-60(50)74-61/h8-13,17,21-28H,4-7,14-16,18-20,29-42H2,1-3H3,(H2-2,65,66,67,68,69,70,71,72,73,74,77,78)/p+2. The Balaban J connectivity index is 0.643. The number of amides is 2. The molecule has 0 spiro atoms. The molecular weight excluding hydrogens is 1020 g/mol. The summed E-state index contributed by atoms with van der Waals surface area (Å²) in [5.74, 6) is 2.63. The van der Waals surface area contributed by atoms with Crippen LogP contribution in [-0.2, 0) is 14.3 Å². The van der Waals surface area contributed by atoms with Crippen LogP contribution in [0.4, 0.5) is 4.79 Å². The Hall–Kier alpha value is -7.96. The Morgan fingerprint density at radius 3 is 1.80 bits per heavy atom. The SMILES string of the molecule is C[N+](C)(CCCCCCN=C=NCCC[N+]1(C)CCOCC1)CCCNC(=O)CCCCCNC(=O)OCCCOc1cccc2c1-c1nc-2nc2[nH]c(nc3nc(nc4[nH]c(n1)c1ccccc41)-c1ccccc1-3)c1ccccc21. The molecule has 0 unspecified atom stereocenters. The van der Waals surface area contributed by atoms with Crippen molar-refractivity contribution in [1.82, 2.24) is 50.5 Å². The van der Waals surface area contributed by atoms with Crippen molar-refractivity contribution in [1.29, 1.82) is 0 Å². The zero-order chi connectivity index (χ0) is 55.9. The Labute approximate surface area is 473 Å². The molecule has 0 aliphatic carbocycles. The molecule has 10 rings (SSSR count). The number of carbonyl (C=O) groups is 2. The van der Waals surface area contributed by atoms with Crippen LogP contribution in [0.2, 0.25) is 0 Å². The summed E-state index contributed by atoms with van der Waals surface area (Å²) >= 11 is 0. The lowest BCUT2D eigenvalue weighted by Crippen LogP contribution is -2.52. The van der Waals surface area contributed by atoms with E-state index in [1.807, 2.05) is 91.0 Å². The number of aromatic amines is 2. The van der Waals surface area contributed by atoms with Crippen molar-refractivity contribution in [2.24, 2.45) is 9.98 Å². The van der Waals surface area contributed by atoms with Crippen molar-refractivity contribution in [3.05, 3.63) is 91.0 Å². The highest BCUT2D eigenvalue weighted by Crippen LogP contribution is 2.41. The lowest BCUT2D eigenvalue weighted by molar-refractivity contribution is -0.916. The zero-order valence-electron chi connectivity index (χ0n) is 47.1. The highest BCUT2D eigenvalue weighted by molar-refractivity contribution is 6.06. The van der Waals surface area contributed by atoms with Gasteiger partial charge >= 0.3 is 6.09 Å². The van der Waals surface area contributed by atoms with Crippen LogP contribution in [0.1, 0.15) is 70.6 Å². The van der Waals surface area contributed by atoms with Crippen molar-refractivity contribution in [3.8, 4) is 51.3 Å². The Morgan fingerprint density at radius 2 is 1.14 bits per heavy atom. The van der Waals surface area contributed by atoms with Crippen LogP contribution in [0.15, 0.2) is 101 Å². The van der Waals surface area contributed by atoms with E-state index in [4.69, 9.17) is 44.1 Å². The Kier molecular flexibility index (Phi) is 18.8. The number of nitrogens with one attached hydrogen (secondary N) is 4. The molecule has 19 heteroatoms. The summed E-state index contributed by atoms with van der Waals surface area (Å²) < 4.78 is 19.4. The monoisotopic (exact) mass is 1100 g/mol. The molecule has 19 nitrogen and oxygen atoms in total. The molecule has 3 aromatic heterocycles. The Morgan fingerprint density at radius 1 is 0.593 bits per heavy atom. The molecule has 8 bridgehead atoms. The van der Waals surface area contributed by atoms with Gasteiger partial charge in [0.2, 0.25) is 5.91 Å². The first kappa shape index (κ1) is 56.3. The summed E-state index contributed by atoms with van der Waals surface area (Å²) in [5, 5.41) is 9.45. The van der Waals surface area contributed by atoms with Crippen LogP contribution in [0, 0.1) is 0 Å². The second-order valence-corrected chi connectivity index (χ2v) is 22.1. The van der Waals surface area contributed by atoms with Crippen molar-refractivity contribution in [2.45, 2.75) is 70.6 Å². The van der Waals surface area contributed by atoms with Crippen LogP contribution in [-0.4, -0.2) is 173 Å². The van der Waals surface area contributed by atoms with Gasteiger partial charge < -0.3 is 43.8 Å². The van der Waals surface area contributed by atoms with Crippen LogP contribution >= 0.6 is 0 Å². The lowest BCUT2D eigenvalue weighted by atomic mass is 10.1. The second kappa shape index (κ2) is 27.0. The highest BCUT2D eigenvalue weighted by Gasteiger charge is 2.26. The van der Waals surface area contributed by atoms with Crippen LogP contribution in [0.5, 0.6) is 5.75 Å². The minimum absolute atomic E-state index is 0.0769. The molecule has 7 aromatic rings. The fourth-order valence-corrected chi connectivity index (χ4v) is 10.7. The number of nitrogens with zero attached hydrogens (tertiary/aromatic N) is 10. The summed E-state index contributed by atoms with van der Waals surface area (Å²) in [6, 6.07) is 32.6. The van der Waals surface area contributed by atoms with Gasteiger partial charge in [-0.2, -0.15) is 0 Å². The van der Waals surface area contributed by atoms with Crippen LogP contribution < -0.4 is 15.4 Å². The van der Waals surface area contributed by atoms with Crippen molar-refractivity contribution >= 4 is 62.1 Å². The fourth-order valence-electron chi connectivity index (χ4n) is 10.7. The lowest BCUT2D eigenvalue weighted by Gasteiger charge is -2.37. The maximum atomic E-state index is 12.6. The summed E-state index contributed by atoms with van der Waals surface area (Å²) in [4.78, 5) is 71.3. The van der Waals surface area contributed by atoms with E-state index >= 15 is 0 Å². The minimum Gasteiger partial charge on any atom is -0.493 e. The summed E-state index contributed by atoms with van der Waals surface area (Å²) in [5.41, 5.74) is 5.62. The highest BCUT2D eigenvalue weighted by atomic mass is 16.5. The number of benzene rings is 4. The summed E-state index contributed by atoms with van der Waals surface area (Å²) in [6.45, 7) is 10.4. The molecular formula is C62H76N14O5+2. The number of H-pyrrole nitrogens is 2. The molecule has 1 fully saturated rings. The van der Waals surface area contributed by atoms with E-state index in [9.17, 15) is 9.59 Å². The molecule has 1 saturated heterocycles. The second-order valence-electron chi connectivity index (χ2n) is 22.1. The molecule has 3 aliphatic heterocycles. The average Bonchev–Trinajstić information content (AvgIpc) is 4.39. The smallest absolute Gasteiger partial charge is 0.407 e. The molecule has 2 amide bonds. The van der Waals surface area contributed by atoms with Gasteiger partial charge in [0.05, 0.1) is 85.3 Å². The quantitative estimate of drug-likeness (QED) is 0.0227. The van der Waals surface area contributed by atoms with Gasteiger partial charge in [-0.05, 0) is 38.2 Å². The maximum Gasteiger partial charge on any atom is 0.407 e. The molecule has 0 atom stereocenters.